The van der Waals surface area contributed by atoms with Crippen molar-refractivity contribution in [1.82, 2.24) is 4.90 Å². The molecule has 1 aliphatic rings. The molecule has 136 valence electrons. The van der Waals surface area contributed by atoms with Gasteiger partial charge in [0.1, 0.15) is 5.82 Å². The number of amides is 2. The van der Waals surface area contributed by atoms with E-state index >= 15 is 0 Å². The summed E-state index contributed by atoms with van der Waals surface area (Å²) in [5.74, 6) is -0.894. The number of likely N-dealkylation sites (tertiary alicyclic amines) is 1. The van der Waals surface area contributed by atoms with E-state index in [1.165, 1.54) is 6.07 Å². The van der Waals surface area contributed by atoms with Gasteiger partial charge in [-0.15, -0.1) is 0 Å². The lowest BCUT2D eigenvalue weighted by Gasteiger charge is -2.37. The van der Waals surface area contributed by atoms with Crippen LogP contribution in [0.5, 0.6) is 0 Å². The Kier molecular flexibility index (Phi) is 5.01. The van der Waals surface area contributed by atoms with Crippen molar-refractivity contribution in [2.45, 2.75) is 19.8 Å². The molecule has 0 atom stereocenters. The molecule has 2 amide bonds. The van der Waals surface area contributed by atoms with Crippen LogP contribution in [0.4, 0.5) is 4.39 Å². The quantitative estimate of drug-likeness (QED) is 0.886. The predicted octanol–water partition coefficient (Wildman–Crippen LogP) is 3.87. The summed E-state index contributed by atoms with van der Waals surface area (Å²) in [6, 6.07) is 11.3. The summed E-state index contributed by atoms with van der Waals surface area (Å²) in [6.07, 6.45) is 1.08. The molecule has 3 rings (SSSR count). The van der Waals surface area contributed by atoms with E-state index in [2.05, 4.69) is 0 Å². The average molecular weight is 375 g/mol. The van der Waals surface area contributed by atoms with E-state index in [4.69, 9.17) is 17.3 Å². The standard InChI is InChI=1S/C20H20ClFN2O2/c1-20(19(23)26)7-9-24(10-8-20)18(25)14-4-2-3-13(11-14)16-6-5-15(21)12-17(16)22/h2-6,11-12H,7-10H2,1H3,(H2,23,26). The molecule has 0 spiro atoms. The van der Waals surface area contributed by atoms with Crippen LogP contribution in [0.25, 0.3) is 11.1 Å². The van der Waals surface area contributed by atoms with Crippen molar-refractivity contribution < 1.29 is 14.0 Å². The molecule has 1 heterocycles. The Labute approximate surface area is 156 Å². The van der Waals surface area contributed by atoms with E-state index < -0.39 is 11.2 Å². The van der Waals surface area contributed by atoms with Gasteiger partial charge in [0.25, 0.3) is 5.91 Å². The maximum Gasteiger partial charge on any atom is 0.253 e. The third-order valence-corrected chi connectivity index (χ3v) is 5.34. The zero-order valence-corrected chi connectivity index (χ0v) is 15.2. The molecule has 0 unspecified atom stereocenters. The fourth-order valence-corrected chi connectivity index (χ4v) is 3.33. The van der Waals surface area contributed by atoms with Gasteiger partial charge in [-0.25, -0.2) is 4.39 Å². The van der Waals surface area contributed by atoms with E-state index in [1.807, 2.05) is 6.92 Å². The highest BCUT2D eigenvalue weighted by Gasteiger charge is 2.36. The fourth-order valence-electron chi connectivity index (χ4n) is 3.18. The van der Waals surface area contributed by atoms with Crippen LogP contribution in [0.3, 0.4) is 0 Å². The number of hydrogen-bond acceptors (Lipinski definition) is 2. The molecule has 2 aromatic rings. The second-order valence-electron chi connectivity index (χ2n) is 6.92. The van der Waals surface area contributed by atoms with Crippen LogP contribution in [0.15, 0.2) is 42.5 Å². The average Bonchev–Trinajstić information content (AvgIpc) is 2.62. The number of nitrogens with zero attached hydrogens (tertiary/aromatic N) is 1. The lowest BCUT2D eigenvalue weighted by Crippen LogP contribution is -2.47. The van der Waals surface area contributed by atoms with Crippen LogP contribution < -0.4 is 5.73 Å². The van der Waals surface area contributed by atoms with E-state index in [0.29, 0.717) is 47.6 Å². The fraction of sp³-hybridized carbons (Fsp3) is 0.300. The number of rotatable bonds is 3. The number of carbonyl (C=O) groups is 2. The van der Waals surface area contributed by atoms with Gasteiger partial charge in [-0.2, -0.15) is 0 Å². The van der Waals surface area contributed by atoms with Crippen molar-refractivity contribution in [1.29, 1.82) is 0 Å². The molecule has 1 fully saturated rings. The SMILES string of the molecule is CC1(C(N)=O)CCN(C(=O)c2cccc(-c3ccc(Cl)cc3F)c2)CC1. The molecule has 0 radical (unpaired) electrons. The second-order valence-corrected chi connectivity index (χ2v) is 7.36. The maximum absolute atomic E-state index is 14.2. The first-order valence-corrected chi connectivity index (χ1v) is 8.83. The van der Waals surface area contributed by atoms with Gasteiger partial charge in [0, 0.05) is 34.7 Å². The molecule has 0 aromatic heterocycles. The maximum atomic E-state index is 14.2. The summed E-state index contributed by atoms with van der Waals surface area (Å²) < 4.78 is 14.2. The van der Waals surface area contributed by atoms with Crippen LogP contribution >= 0.6 is 11.6 Å². The van der Waals surface area contributed by atoms with Crippen LogP contribution in [-0.2, 0) is 4.79 Å². The Balaban J connectivity index is 1.80. The summed E-state index contributed by atoms with van der Waals surface area (Å²) in [7, 11) is 0. The van der Waals surface area contributed by atoms with Crippen molar-refractivity contribution in [2.24, 2.45) is 11.1 Å². The molecule has 1 aliphatic heterocycles. The topological polar surface area (TPSA) is 63.4 Å². The Bertz CT molecular complexity index is 861. The number of hydrogen-bond donors (Lipinski definition) is 1. The van der Waals surface area contributed by atoms with E-state index in [9.17, 15) is 14.0 Å². The molecular formula is C20H20ClFN2O2. The van der Waals surface area contributed by atoms with Crippen molar-refractivity contribution in [2.75, 3.05) is 13.1 Å². The van der Waals surface area contributed by atoms with Gasteiger partial charge in [-0.05, 0) is 48.7 Å². The lowest BCUT2D eigenvalue weighted by atomic mass is 9.79. The van der Waals surface area contributed by atoms with Gasteiger partial charge in [0.2, 0.25) is 5.91 Å². The summed E-state index contributed by atoms with van der Waals surface area (Å²) in [4.78, 5) is 26.1. The monoisotopic (exact) mass is 374 g/mol. The van der Waals surface area contributed by atoms with Gasteiger partial charge < -0.3 is 10.6 Å². The van der Waals surface area contributed by atoms with Crippen molar-refractivity contribution >= 4 is 23.4 Å². The van der Waals surface area contributed by atoms with Crippen LogP contribution in [0.1, 0.15) is 30.1 Å². The van der Waals surface area contributed by atoms with E-state index in [0.717, 1.165) is 0 Å². The number of nitrogens with two attached hydrogens (primary N) is 1. The van der Waals surface area contributed by atoms with Gasteiger partial charge in [0.15, 0.2) is 0 Å². The minimum atomic E-state index is -0.564. The van der Waals surface area contributed by atoms with Crippen molar-refractivity contribution in [3.8, 4) is 11.1 Å². The number of piperidine rings is 1. The molecular weight excluding hydrogens is 355 g/mol. The molecule has 0 saturated carbocycles. The highest BCUT2D eigenvalue weighted by atomic mass is 35.5. The smallest absolute Gasteiger partial charge is 0.253 e. The molecule has 0 aliphatic carbocycles. The minimum absolute atomic E-state index is 0.132. The Morgan fingerprint density at radius 1 is 1.15 bits per heavy atom. The third kappa shape index (κ3) is 3.58. The second kappa shape index (κ2) is 7.08. The van der Waals surface area contributed by atoms with Gasteiger partial charge in [0.05, 0.1) is 0 Å². The van der Waals surface area contributed by atoms with Gasteiger partial charge in [-0.1, -0.05) is 30.7 Å². The molecule has 1 saturated heterocycles. The first-order valence-electron chi connectivity index (χ1n) is 8.45. The Morgan fingerprint density at radius 2 is 1.85 bits per heavy atom. The van der Waals surface area contributed by atoms with Crippen LogP contribution in [-0.4, -0.2) is 29.8 Å². The largest absolute Gasteiger partial charge is 0.369 e. The summed E-state index contributed by atoms with van der Waals surface area (Å²) in [5, 5.41) is 0.323. The Morgan fingerprint density at radius 3 is 2.46 bits per heavy atom. The number of benzene rings is 2. The summed E-state index contributed by atoms with van der Waals surface area (Å²) >= 11 is 5.80. The molecule has 6 heteroatoms. The number of primary amides is 1. The predicted molar refractivity (Wildman–Crippen MR) is 99.3 cm³/mol. The third-order valence-electron chi connectivity index (χ3n) is 5.10. The van der Waals surface area contributed by atoms with Crippen molar-refractivity contribution in [3.05, 3.63) is 58.9 Å². The molecule has 2 N–H and O–H groups in total. The van der Waals surface area contributed by atoms with Crippen LogP contribution in [0, 0.1) is 11.2 Å². The molecule has 0 bridgehead atoms. The first kappa shape index (κ1) is 18.4. The summed E-state index contributed by atoms with van der Waals surface area (Å²) in [6.45, 7) is 2.77. The number of halogens is 2. The molecule has 26 heavy (non-hydrogen) atoms. The molecule has 2 aromatic carbocycles. The summed E-state index contributed by atoms with van der Waals surface area (Å²) in [5.41, 5.74) is 6.38. The Hall–Kier alpha value is -2.40. The normalized spacial score (nSPS) is 16.3. The zero-order valence-electron chi connectivity index (χ0n) is 14.5. The lowest BCUT2D eigenvalue weighted by molar-refractivity contribution is -0.129. The highest BCUT2D eigenvalue weighted by molar-refractivity contribution is 6.30. The highest BCUT2D eigenvalue weighted by Crippen LogP contribution is 2.31. The van der Waals surface area contributed by atoms with Gasteiger partial charge >= 0.3 is 0 Å². The number of carbonyl (C=O) groups excluding carboxylic acids is 2. The van der Waals surface area contributed by atoms with E-state index in [1.54, 1.807) is 41.3 Å². The first-order chi connectivity index (χ1) is 12.3. The zero-order chi connectivity index (χ0) is 18.9. The molecule has 4 nitrogen and oxygen atoms in total. The minimum Gasteiger partial charge on any atom is -0.369 e. The van der Waals surface area contributed by atoms with Gasteiger partial charge in [-0.3, -0.25) is 9.59 Å². The van der Waals surface area contributed by atoms with Crippen molar-refractivity contribution in [3.63, 3.8) is 0 Å². The van der Waals surface area contributed by atoms with Crippen LogP contribution in [0.2, 0.25) is 5.02 Å². The van der Waals surface area contributed by atoms with E-state index in [-0.39, 0.29) is 11.8 Å².